The first-order valence-corrected chi connectivity index (χ1v) is 13.9. The molecule has 3 aromatic carbocycles. The average Bonchev–Trinajstić information content (AvgIpc) is 3.13. The summed E-state index contributed by atoms with van der Waals surface area (Å²) in [5.74, 6) is 1.86. The Morgan fingerprint density at radius 3 is 2.36 bits per heavy atom. The van der Waals surface area contributed by atoms with E-state index >= 15 is 0 Å². The Hall–Kier alpha value is -2.27. The first-order valence-electron chi connectivity index (χ1n) is 11.2. The molecule has 1 amide bonds. The Morgan fingerprint density at radius 1 is 1.00 bits per heavy atom. The molecule has 0 atom stereocenters. The van der Waals surface area contributed by atoms with E-state index in [1.807, 2.05) is 80.6 Å². The van der Waals surface area contributed by atoms with E-state index in [1.165, 1.54) is 11.8 Å². The molecule has 36 heavy (non-hydrogen) atoms. The van der Waals surface area contributed by atoms with Crippen molar-refractivity contribution in [1.82, 2.24) is 0 Å². The van der Waals surface area contributed by atoms with Gasteiger partial charge in [0, 0.05) is 5.02 Å². The summed E-state index contributed by atoms with van der Waals surface area (Å²) in [6, 6.07) is 18.7. The molecule has 5 nitrogen and oxygen atoms in total. The van der Waals surface area contributed by atoms with Gasteiger partial charge in [-0.25, -0.2) is 0 Å². The van der Waals surface area contributed by atoms with Crippen molar-refractivity contribution in [3.05, 3.63) is 85.3 Å². The molecule has 1 aliphatic rings. The number of amides is 1. The van der Waals surface area contributed by atoms with Crippen molar-refractivity contribution in [3.8, 4) is 17.2 Å². The molecule has 1 saturated heterocycles. The van der Waals surface area contributed by atoms with Gasteiger partial charge in [0.2, 0.25) is 0 Å². The van der Waals surface area contributed by atoms with Crippen molar-refractivity contribution < 1.29 is 19.0 Å². The summed E-state index contributed by atoms with van der Waals surface area (Å²) in [7, 11) is 0. The number of anilines is 1. The highest BCUT2D eigenvalue weighted by molar-refractivity contribution is 14.1. The van der Waals surface area contributed by atoms with Gasteiger partial charge in [-0.05, 0) is 102 Å². The third-order valence-electron chi connectivity index (χ3n) is 5.13. The number of hydrogen-bond donors (Lipinski definition) is 0. The minimum absolute atomic E-state index is 0.162. The van der Waals surface area contributed by atoms with Crippen LogP contribution in [0, 0.1) is 3.57 Å². The largest absolute Gasteiger partial charge is 0.494 e. The predicted molar refractivity (Wildman–Crippen MR) is 159 cm³/mol. The van der Waals surface area contributed by atoms with Crippen molar-refractivity contribution in [3.63, 3.8) is 0 Å². The first-order chi connectivity index (χ1) is 17.4. The highest BCUT2D eigenvalue weighted by atomic mass is 127. The lowest BCUT2D eigenvalue weighted by Crippen LogP contribution is -2.27. The van der Waals surface area contributed by atoms with Gasteiger partial charge in [-0.1, -0.05) is 47.7 Å². The summed E-state index contributed by atoms with van der Waals surface area (Å²) in [4.78, 5) is 15.3. The quantitative estimate of drug-likeness (QED) is 0.134. The van der Waals surface area contributed by atoms with Crippen LogP contribution in [0.5, 0.6) is 17.2 Å². The molecule has 0 saturated carbocycles. The zero-order valence-electron chi connectivity index (χ0n) is 19.6. The predicted octanol–water partition coefficient (Wildman–Crippen LogP) is 7.73. The number of hydrogen-bond acceptors (Lipinski definition) is 6. The highest BCUT2D eigenvalue weighted by Gasteiger charge is 2.33. The molecule has 1 fully saturated rings. The SMILES string of the molecule is CCOc1ccc(N2C(=O)/C(=C\c3cc(I)c(OCc4ccc(Cl)cc4)c(OCC)c3)SC2=S)cc1. The molecule has 1 heterocycles. The van der Waals surface area contributed by atoms with Gasteiger partial charge < -0.3 is 14.2 Å². The number of thioether (sulfide) groups is 1. The smallest absolute Gasteiger partial charge is 0.270 e. The molecular formula is C27H23ClINO4S2. The fraction of sp³-hybridized carbons (Fsp3) is 0.185. The Bertz CT molecular complexity index is 1300. The van der Waals surface area contributed by atoms with Gasteiger partial charge in [0.05, 0.1) is 27.4 Å². The van der Waals surface area contributed by atoms with Crippen LogP contribution in [-0.4, -0.2) is 23.4 Å². The molecule has 186 valence electrons. The number of nitrogens with zero attached hydrogens (tertiary/aromatic N) is 1. The lowest BCUT2D eigenvalue weighted by molar-refractivity contribution is -0.113. The number of carbonyl (C=O) groups excluding carboxylic acids is 1. The average molecular weight is 652 g/mol. The summed E-state index contributed by atoms with van der Waals surface area (Å²) in [5.41, 5.74) is 2.54. The number of thiocarbonyl (C=S) groups is 1. The molecular weight excluding hydrogens is 629 g/mol. The molecule has 0 spiro atoms. The fourth-order valence-corrected chi connectivity index (χ4v) is 5.72. The summed E-state index contributed by atoms with van der Waals surface area (Å²) < 4.78 is 18.8. The van der Waals surface area contributed by atoms with Gasteiger partial charge >= 0.3 is 0 Å². The molecule has 9 heteroatoms. The second-order valence-electron chi connectivity index (χ2n) is 7.62. The van der Waals surface area contributed by atoms with E-state index in [1.54, 1.807) is 4.90 Å². The van der Waals surface area contributed by atoms with Crippen molar-refractivity contribution in [1.29, 1.82) is 0 Å². The van der Waals surface area contributed by atoms with Crippen LogP contribution in [-0.2, 0) is 11.4 Å². The third kappa shape index (κ3) is 6.34. The summed E-state index contributed by atoms with van der Waals surface area (Å²) in [6.45, 7) is 5.29. The van der Waals surface area contributed by atoms with Crippen LogP contribution in [0.3, 0.4) is 0 Å². The molecule has 0 bridgehead atoms. The molecule has 3 aromatic rings. The van der Waals surface area contributed by atoms with Gasteiger partial charge in [0.15, 0.2) is 15.8 Å². The molecule has 0 radical (unpaired) electrons. The Balaban J connectivity index is 1.56. The van der Waals surface area contributed by atoms with Crippen LogP contribution in [0.2, 0.25) is 5.02 Å². The molecule has 0 unspecified atom stereocenters. The second kappa shape index (κ2) is 12.3. The van der Waals surface area contributed by atoms with Gasteiger partial charge in [-0.3, -0.25) is 9.69 Å². The summed E-state index contributed by atoms with van der Waals surface area (Å²) >= 11 is 15.0. The van der Waals surface area contributed by atoms with E-state index in [4.69, 9.17) is 38.0 Å². The number of halogens is 2. The minimum atomic E-state index is -0.162. The lowest BCUT2D eigenvalue weighted by Gasteiger charge is -2.15. The number of ether oxygens (including phenoxy) is 3. The van der Waals surface area contributed by atoms with Gasteiger partial charge in [0.1, 0.15) is 12.4 Å². The molecule has 0 aromatic heterocycles. The van der Waals surface area contributed by atoms with E-state index < -0.39 is 0 Å². The molecule has 0 N–H and O–H groups in total. The van der Waals surface area contributed by atoms with Crippen LogP contribution in [0.4, 0.5) is 5.69 Å². The zero-order chi connectivity index (χ0) is 25.7. The fourth-order valence-electron chi connectivity index (χ4n) is 3.51. The van der Waals surface area contributed by atoms with E-state index in [0.29, 0.717) is 51.3 Å². The van der Waals surface area contributed by atoms with Crippen molar-refractivity contribution in [2.75, 3.05) is 18.1 Å². The van der Waals surface area contributed by atoms with Crippen molar-refractivity contribution >= 4 is 80.2 Å². The summed E-state index contributed by atoms with van der Waals surface area (Å²) in [6.07, 6.45) is 1.83. The lowest BCUT2D eigenvalue weighted by atomic mass is 10.1. The standard InChI is InChI=1S/C27H23ClINO4S2/c1-3-32-21-11-9-20(10-12-21)30-26(31)24(36-27(30)35)15-18-13-22(29)25(23(14-18)33-4-2)34-16-17-5-7-19(28)8-6-17/h5-15H,3-4,16H2,1-2H3/b24-15+. The zero-order valence-corrected chi connectivity index (χ0v) is 24.2. The number of rotatable bonds is 9. The van der Waals surface area contributed by atoms with Gasteiger partial charge in [-0.2, -0.15) is 0 Å². The van der Waals surface area contributed by atoms with Crippen LogP contribution >= 0.6 is 58.2 Å². The molecule has 4 rings (SSSR count). The highest BCUT2D eigenvalue weighted by Crippen LogP contribution is 2.39. The minimum Gasteiger partial charge on any atom is -0.494 e. The molecule has 0 aliphatic carbocycles. The monoisotopic (exact) mass is 651 g/mol. The Labute approximate surface area is 238 Å². The van der Waals surface area contributed by atoms with Crippen molar-refractivity contribution in [2.45, 2.75) is 20.5 Å². The van der Waals surface area contributed by atoms with Crippen LogP contribution in [0.1, 0.15) is 25.0 Å². The maximum Gasteiger partial charge on any atom is 0.270 e. The van der Waals surface area contributed by atoms with E-state index in [0.717, 1.165) is 20.4 Å². The van der Waals surface area contributed by atoms with Gasteiger partial charge in [0.25, 0.3) is 5.91 Å². The first kappa shape index (κ1) is 26.8. The normalized spacial score (nSPS) is 14.4. The number of carbonyl (C=O) groups is 1. The van der Waals surface area contributed by atoms with E-state index in [2.05, 4.69) is 22.6 Å². The Morgan fingerprint density at radius 2 is 1.69 bits per heavy atom. The third-order valence-corrected chi connectivity index (χ3v) is 7.48. The van der Waals surface area contributed by atoms with Crippen LogP contribution in [0.15, 0.2) is 65.6 Å². The maximum atomic E-state index is 13.2. The van der Waals surface area contributed by atoms with Crippen LogP contribution in [0.25, 0.3) is 6.08 Å². The van der Waals surface area contributed by atoms with Gasteiger partial charge in [-0.15, -0.1) is 0 Å². The van der Waals surface area contributed by atoms with Crippen molar-refractivity contribution in [2.24, 2.45) is 0 Å². The van der Waals surface area contributed by atoms with E-state index in [9.17, 15) is 4.79 Å². The van der Waals surface area contributed by atoms with E-state index in [-0.39, 0.29) is 5.91 Å². The topological polar surface area (TPSA) is 48.0 Å². The molecule has 1 aliphatic heterocycles. The maximum absolute atomic E-state index is 13.2. The number of benzene rings is 3. The van der Waals surface area contributed by atoms with Crippen LogP contribution < -0.4 is 19.1 Å². The second-order valence-corrected chi connectivity index (χ2v) is 10.9. The summed E-state index contributed by atoms with van der Waals surface area (Å²) in [5, 5.41) is 0.681. The Kier molecular flexibility index (Phi) is 9.16.